The second kappa shape index (κ2) is 11.4. The Morgan fingerprint density at radius 2 is 1.85 bits per heavy atom. The third-order valence-corrected chi connectivity index (χ3v) is 7.82. The van der Waals surface area contributed by atoms with Crippen molar-refractivity contribution in [1.29, 1.82) is 0 Å². The Balaban J connectivity index is 1.61. The van der Waals surface area contributed by atoms with E-state index in [1.807, 2.05) is 67.6 Å². The largest absolute Gasteiger partial charge is 0.494 e. The predicted molar refractivity (Wildman–Crippen MR) is 159 cm³/mol. The smallest absolute Gasteiger partial charge is 0.338 e. The summed E-state index contributed by atoms with van der Waals surface area (Å²) < 4.78 is 20.4. The average molecular weight is 655 g/mol. The Morgan fingerprint density at radius 1 is 1.13 bits per heavy atom. The fourth-order valence-corrected chi connectivity index (χ4v) is 5.80. The van der Waals surface area contributed by atoms with Gasteiger partial charge in [0.25, 0.3) is 5.56 Å². The molecule has 39 heavy (non-hydrogen) atoms. The fraction of sp³-hybridized carbons (Fsp3) is 0.233. The maximum absolute atomic E-state index is 13.8. The summed E-state index contributed by atoms with van der Waals surface area (Å²) in [6, 6.07) is 18.5. The molecule has 5 rings (SSSR count). The zero-order valence-corrected chi connectivity index (χ0v) is 24.9. The Kier molecular flexibility index (Phi) is 7.90. The van der Waals surface area contributed by atoms with E-state index in [4.69, 9.17) is 13.9 Å². The minimum atomic E-state index is -0.690. The number of carbonyl (C=O) groups is 1. The SMILES string of the molecule is CCOc1ccc([C@H]2C(C(=O)OC(C)C)=C(C)N=c3s/c(=C/c4ccc(-c5ccc(I)cc5)o4)c(=O)n32)cc1. The van der Waals surface area contributed by atoms with Gasteiger partial charge in [-0.15, -0.1) is 0 Å². The van der Waals surface area contributed by atoms with E-state index in [2.05, 4.69) is 27.6 Å². The van der Waals surface area contributed by atoms with E-state index in [1.165, 1.54) is 11.3 Å². The quantitative estimate of drug-likeness (QED) is 0.196. The molecule has 9 heteroatoms. The Bertz CT molecular complexity index is 1730. The van der Waals surface area contributed by atoms with Crippen LogP contribution in [-0.4, -0.2) is 23.2 Å². The summed E-state index contributed by atoms with van der Waals surface area (Å²) in [5, 5.41) is 0. The van der Waals surface area contributed by atoms with Crippen LogP contribution in [0.25, 0.3) is 17.4 Å². The van der Waals surface area contributed by atoms with Crippen LogP contribution >= 0.6 is 33.9 Å². The van der Waals surface area contributed by atoms with Gasteiger partial charge in [-0.05, 0) is 92.2 Å². The number of carbonyl (C=O) groups excluding carboxylic acids is 1. The highest BCUT2D eigenvalue weighted by molar-refractivity contribution is 14.1. The van der Waals surface area contributed by atoms with Gasteiger partial charge in [-0.25, -0.2) is 9.79 Å². The maximum atomic E-state index is 13.8. The standard InChI is InChI=1S/C30H27IN2O5S/c1-5-36-22-12-8-20(9-13-22)27-26(29(35)37-17(2)3)18(4)32-30-33(27)28(34)25(39-30)16-23-14-15-24(38-23)19-6-10-21(31)11-7-19/h6-17,27H,5H2,1-4H3/b25-16+/t27-/m0/s1. The van der Waals surface area contributed by atoms with Crippen LogP contribution in [0, 0.1) is 3.57 Å². The van der Waals surface area contributed by atoms with Crippen LogP contribution < -0.4 is 19.6 Å². The highest BCUT2D eigenvalue weighted by atomic mass is 127. The Labute approximate surface area is 243 Å². The van der Waals surface area contributed by atoms with Gasteiger partial charge in [-0.1, -0.05) is 35.6 Å². The monoisotopic (exact) mass is 654 g/mol. The molecule has 3 heterocycles. The van der Waals surface area contributed by atoms with Crippen molar-refractivity contribution in [2.45, 2.75) is 39.8 Å². The van der Waals surface area contributed by atoms with Crippen LogP contribution in [0.5, 0.6) is 5.75 Å². The van der Waals surface area contributed by atoms with Crippen molar-refractivity contribution < 1.29 is 18.7 Å². The number of allylic oxidation sites excluding steroid dienone is 1. The molecule has 0 radical (unpaired) electrons. The summed E-state index contributed by atoms with van der Waals surface area (Å²) in [5.41, 5.74) is 2.32. The second-order valence-electron chi connectivity index (χ2n) is 9.25. The lowest BCUT2D eigenvalue weighted by Crippen LogP contribution is -2.40. The van der Waals surface area contributed by atoms with Gasteiger partial charge < -0.3 is 13.9 Å². The number of nitrogens with zero attached hydrogens (tertiary/aromatic N) is 2. The number of furan rings is 1. The first kappa shape index (κ1) is 27.1. The number of hydrogen-bond donors (Lipinski definition) is 0. The van der Waals surface area contributed by atoms with E-state index >= 15 is 0 Å². The second-order valence-corrected chi connectivity index (χ2v) is 11.5. The Morgan fingerprint density at radius 3 is 2.51 bits per heavy atom. The molecule has 7 nitrogen and oxygen atoms in total. The van der Waals surface area contributed by atoms with Gasteiger partial charge in [0.15, 0.2) is 4.80 Å². The van der Waals surface area contributed by atoms with E-state index in [9.17, 15) is 9.59 Å². The number of aromatic nitrogens is 1. The van der Waals surface area contributed by atoms with Gasteiger partial charge in [0.05, 0.1) is 34.6 Å². The van der Waals surface area contributed by atoms with E-state index in [-0.39, 0.29) is 11.7 Å². The molecular weight excluding hydrogens is 627 g/mol. The molecule has 0 aliphatic carbocycles. The van der Waals surface area contributed by atoms with Gasteiger partial charge in [-0.2, -0.15) is 0 Å². The fourth-order valence-electron chi connectivity index (χ4n) is 4.42. The third-order valence-electron chi connectivity index (χ3n) is 6.12. The van der Waals surface area contributed by atoms with Crippen molar-refractivity contribution in [2.24, 2.45) is 4.99 Å². The lowest BCUT2D eigenvalue weighted by molar-refractivity contribution is -0.143. The first-order valence-corrected chi connectivity index (χ1v) is 14.5. The van der Waals surface area contributed by atoms with Crippen LogP contribution in [0.4, 0.5) is 0 Å². The number of hydrogen-bond acceptors (Lipinski definition) is 7. The Hall–Kier alpha value is -3.44. The van der Waals surface area contributed by atoms with Crippen molar-refractivity contribution in [1.82, 2.24) is 4.57 Å². The van der Waals surface area contributed by atoms with Crippen molar-refractivity contribution in [3.63, 3.8) is 0 Å². The molecule has 1 aliphatic heterocycles. The predicted octanol–water partition coefficient (Wildman–Crippen LogP) is 5.45. The molecule has 0 saturated heterocycles. The van der Waals surface area contributed by atoms with E-state index in [0.717, 1.165) is 14.7 Å². The summed E-state index contributed by atoms with van der Waals surface area (Å²) in [5.74, 6) is 1.49. The first-order chi connectivity index (χ1) is 18.7. The lowest BCUT2D eigenvalue weighted by atomic mass is 9.96. The van der Waals surface area contributed by atoms with Crippen LogP contribution in [0.3, 0.4) is 0 Å². The number of rotatable bonds is 7. The van der Waals surface area contributed by atoms with E-state index < -0.39 is 12.0 Å². The molecule has 200 valence electrons. The van der Waals surface area contributed by atoms with Crippen molar-refractivity contribution in [2.75, 3.05) is 6.61 Å². The number of ether oxygens (including phenoxy) is 2. The molecule has 0 N–H and O–H groups in total. The molecule has 0 bridgehead atoms. The van der Waals surface area contributed by atoms with Gasteiger partial charge >= 0.3 is 5.97 Å². The molecule has 0 unspecified atom stereocenters. The normalized spacial score (nSPS) is 15.3. The zero-order chi connectivity index (χ0) is 27.7. The van der Waals surface area contributed by atoms with Gasteiger partial charge in [0, 0.05) is 15.2 Å². The summed E-state index contributed by atoms with van der Waals surface area (Å²) in [6.45, 7) is 7.82. The van der Waals surface area contributed by atoms with Crippen LogP contribution in [0.15, 0.2) is 86.1 Å². The third kappa shape index (κ3) is 5.65. The number of thiazole rings is 1. The number of halogens is 1. The number of esters is 1. The van der Waals surface area contributed by atoms with Crippen LogP contribution in [-0.2, 0) is 9.53 Å². The number of benzene rings is 2. The molecule has 0 fully saturated rings. The van der Waals surface area contributed by atoms with Crippen molar-refractivity contribution in [3.8, 4) is 17.1 Å². The molecule has 0 spiro atoms. The van der Waals surface area contributed by atoms with E-state index in [0.29, 0.717) is 44.5 Å². The highest BCUT2D eigenvalue weighted by Crippen LogP contribution is 2.32. The summed E-state index contributed by atoms with van der Waals surface area (Å²) >= 11 is 3.52. The average Bonchev–Trinajstić information content (AvgIpc) is 3.48. The van der Waals surface area contributed by atoms with Crippen LogP contribution in [0.2, 0.25) is 0 Å². The van der Waals surface area contributed by atoms with Gasteiger partial charge in [0.1, 0.15) is 17.3 Å². The molecule has 4 aromatic rings. The minimum absolute atomic E-state index is 0.257. The highest BCUT2D eigenvalue weighted by Gasteiger charge is 2.33. The molecule has 2 aromatic carbocycles. The van der Waals surface area contributed by atoms with Crippen LogP contribution in [0.1, 0.15) is 45.1 Å². The van der Waals surface area contributed by atoms with E-state index in [1.54, 1.807) is 31.4 Å². The molecule has 1 aliphatic rings. The molecule has 0 amide bonds. The minimum Gasteiger partial charge on any atom is -0.494 e. The first-order valence-electron chi connectivity index (χ1n) is 12.6. The van der Waals surface area contributed by atoms with Crippen molar-refractivity contribution >= 4 is 46.0 Å². The number of fused-ring (bicyclic) bond motifs is 1. The maximum Gasteiger partial charge on any atom is 0.338 e. The summed E-state index contributed by atoms with van der Waals surface area (Å²) in [4.78, 5) is 32.2. The zero-order valence-electron chi connectivity index (χ0n) is 21.9. The topological polar surface area (TPSA) is 83.0 Å². The molecule has 2 aromatic heterocycles. The molecular formula is C30H27IN2O5S. The summed E-state index contributed by atoms with van der Waals surface area (Å²) in [7, 11) is 0. The van der Waals surface area contributed by atoms with Crippen molar-refractivity contribution in [3.05, 3.63) is 107 Å². The molecule has 0 saturated carbocycles. The lowest BCUT2D eigenvalue weighted by Gasteiger charge is -2.25. The van der Waals surface area contributed by atoms with Gasteiger partial charge in [0.2, 0.25) is 0 Å². The van der Waals surface area contributed by atoms with Gasteiger partial charge in [-0.3, -0.25) is 9.36 Å². The molecule has 1 atom stereocenters. The summed E-state index contributed by atoms with van der Waals surface area (Å²) in [6.07, 6.45) is 1.41.